The minimum absolute atomic E-state index is 0.0528. The summed E-state index contributed by atoms with van der Waals surface area (Å²) in [5.41, 5.74) is 4.01. The van der Waals surface area contributed by atoms with Crippen molar-refractivity contribution >= 4 is 0 Å². The van der Waals surface area contributed by atoms with Crippen molar-refractivity contribution in [3.8, 4) is 11.1 Å². The average Bonchev–Trinajstić information content (AvgIpc) is 2.55. The fourth-order valence-electron chi connectivity index (χ4n) is 4.29. The molecule has 0 saturated heterocycles. The van der Waals surface area contributed by atoms with Crippen LogP contribution in [0.1, 0.15) is 45.6 Å². The van der Waals surface area contributed by atoms with Gasteiger partial charge in [-0.3, -0.25) is 0 Å². The first-order valence-corrected chi connectivity index (χ1v) is 8.84. The summed E-state index contributed by atoms with van der Waals surface area (Å²) in [6, 6.07) is 19.3. The van der Waals surface area contributed by atoms with E-state index in [2.05, 4.69) is 75.4 Å². The van der Waals surface area contributed by atoms with Gasteiger partial charge in [0.2, 0.25) is 0 Å². The van der Waals surface area contributed by atoms with E-state index in [4.69, 9.17) is 0 Å². The predicted molar refractivity (Wildman–Crippen MR) is 97.4 cm³/mol. The molecule has 1 fully saturated rings. The van der Waals surface area contributed by atoms with Crippen LogP contribution in [0.5, 0.6) is 0 Å². The minimum Gasteiger partial charge on any atom is -0.393 e. The van der Waals surface area contributed by atoms with Crippen molar-refractivity contribution in [1.29, 1.82) is 0 Å². The first-order valence-electron chi connectivity index (χ1n) is 8.84. The van der Waals surface area contributed by atoms with Crippen LogP contribution in [-0.4, -0.2) is 11.2 Å². The molecule has 0 heterocycles. The highest BCUT2D eigenvalue weighted by molar-refractivity contribution is 5.68. The molecule has 0 amide bonds. The number of rotatable bonds is 3. The van der Waals surface area contributed by atoms with Crippen LogP contribution in [-0.2, 0) is 5.41 Å². The zero-order chi connectivity index (χ0) is 16.4. The Labute approximate surface area is 140 Å². The second-order valence-electron chi connectivity index (χ2n) is 7.69. The summed E-state index contributed by atoms with van der Waals surface area (Å²) in [5.74, 6) is 0.992. The summed E-state index contributed by atoms with van der Waals surface area (Å²) in [6.45, 7) is 6.79. The quantitative estimate of drug-likeness (QED) is 0.801. The molecule has 0 radical (unpaired) electrons. The normalized spacial score (nSPS) is 28.0. The van der Waals surface area contributed by atoms with Crippen molar-refractivity contribution in [3.05, 3.63) is 60.2 Å². The lowest BCUT2D eigenvalue weighted by Gasteiger charge is -2.43. The molecule has 122 valence electrons. The second-order valence-corrected chi connectivity index (χ2v) is 7.69. The van der Waals surface area contributed by atoms with Gasteiger partial charge < -0.3 is 5.11 Å². The summed E-state index contributed by atoms with van der Waals surface area (Å²) in [4.78, 5) is 0. The van der Waals surface area contributed by atoms with Crippen molar-refractivity contribution in [2.45, 2.75) is 51.6 Å². The molecule has 2 unspecified atom stereocenters. The number of hydrogen-bond acceptors (Lipinski definition) is 1. The van der Waals surface area contributed by atoms with Crippen LogP contribution in [0.15, 0.2) is 54.6 Å². The summed E-state index contributed by atoms with van der Waals surface area (Å²) in [5, 5.41) is 10.7. The Kier molecular flexibility index (Phi) is 4.59. The van der Waals surface area contributed by atoms with E-state index in [1.165, 1.54) is 16.7 Å². The van der Waals surface area contributed by atoms with Crippen molar-refractivity contribution in [2.24, 2.45) is 11.8 Å². The molecule has 3 rings (SSSR count). The molecule has 0 aliphatic heterocycles. The Morgan fingerprint density at radius 3 is 2.30 bits per heavy atom. The van der Waals surface area contributed by atoms with Crippen LogP contribution >= 0.6 is 0 Å². The van der Waals surface area contributed by atoms with Crippen LogP contribution in [0.3, 0.4) is 0 Å². The molecule has 23 heavy (non-hydrogen) atoms. The molecular weight excluding hydrogens is 280 g/mol. The highest BCUT2D eigenvalue weighted by Gasteiger charge is 2.40. The van der Waals surface area contributed by atoms with Crippen LogP contribution < -0.4 is 0 Å². The largest absolute Gasteiger partial charge is 0.393 e. The monoisotopic (exact) mass is 308 g/mol. The van der Waals surface area contributed by atoms with Gasteiger partial charge in [-0.1, -0.05) is 75.4 Å². The highest BCUT2D eigenvalue weighted by atomic mass is 16.3. The number of benzene rings is 2. The Hall–Kier alpha value is -1.60. The first kappa shape index (κ1) is 16.3. The molecule has 1 aliphatic rings. The zero-order valence-corrected chi connectivity index (χ0v) is 14.5. The number of hydrogen-bond donors (Lipinski definition) is 1. The standard InChI is InChI=1S/C22H28O/c1-16(2)18-13-14-22(3,15-21(18)23)20-12-8-7-11-19(20)17-9-5-4-6-10-17/h4-12,16,18,21,23H,13-15H2,1-3H3/t18?,21?,22-/m1/s1. The molecule has 1 heteroatoms. The molecular formula is C22H28O. The van der Waals surface area contributed by atoms with Crippen LogP contribution in [0, 0.1) is 11.8 Å². The van der Waals surface area contributed by atoms with Crippen molar-refractivity contribution in [2.75, 3.05) is 0 Å². The molecule has 3 atom stereocenters. The third-order valence-electron chi connectivity index (χ3n) is 5.70. The molecule has 1 N–H and O–H groups in total. The topological polar surface area (TPSA) is 20.2 Å². The number of aliphatic hydroxyl groups excluding tert-OH is 1. The fraction of sp³-hybridized carbons (Fsp3) is 0.455. The van der Waals surface area contributed by atoms with E-state index >= 15 is 0 Å². The second kappa shape index (κ2) is 6.49. The van der Waals surface area contributed by atoms with E-state index in [9.17, 15) is 5.11 Å². The predicted octanol–water partition coefficient (Wildman–Crippen LogP) is 5.43. The van der Waals surface area contributed by atoms with Gasteiger partial charge in [0.1, 0.15) is 0 Å². The van der Waals surface area contributed by atoms with E-state index in [-0.39, 0.29) is 11.5 Å². The molecule has 0 spiro atoms. The van der Waals surface area contributed by atoms with Gasteiger partial charge in [0.15, 0.2) is 0 Å². The molecule has 2 aromatic rings. The molecule has 1 nitrogen and oxygen atoms in total. The van der Waals surface area contributed by atoms with Gasteiger partial charge in [0.05, 0.1) is 6.10 Å². The van der Waals surface area contributed by atoms with E-state index in [0.717, 1.165) is 19.3 Å². The Balaban J connectivity index is 1.96. The smallest absolute Gasteiger partial charge is 0.0579 e. The van der Waals surface area contributed by atoms with E-state index in [1.54, 1.807) is 0 Å². The maximum absolute atomic E-state index is 10.7. The lowest BCUT2D eigenvalue weighted by molar-refractivity contribution is 0.0153. The van der Waals surface area contributed by atoms with Gasteiger partial charge in [-0.25, -0.2) is 0 Å². The lowest BCUT2D eigenvalue weighted by Crippen LogP contribution is -2.40. The molecule has 0 aromatic heterocycles. The van der Waals surface area contributed by atoms with Gasteiger partial charge in [0.25, 0.3) is 0 Å². The Bertz CT molecular complexity index is 646. The minimum atomic E-state index is -0.197. The van der Waals surface area contributed by atoms with Crippen molar-refractivity contribution < 1.29 is 5.11 Å². The maximum atomic E-state index is 10.7. The van der Waals surface area contributed by atoms with E-state index in [1.807, 2.05) is 0 Å². The zero-order valence-electron chi connectivity index (χ0n) is 14.5. The average molecular weight is 308 g/mol. The van der Waals surface area contributed by atoms with Gasteiger partial charge in [0, 0.05) is 0 Å². The van der Waals surface area contributed by atoms with E-state index < -0.39 is 0 Å². The fourth-order valence-corrected chi connectivity index (χ4v) is 4.29. The third kappa shape index (κ3) is 3.21. The van der Waals surface area contributed by atoms with Gasteiger partial charge in [-0.2, -0.15) is 0 Å². The highest BCUT2D eigenvalue weighted by Crippen LogP contribution is 2.46. The van der Waals surface area contributed by atoms with Crippen LogP contribution in [0.2, 0.25) is 0 Å². The Morgan fingerprint density at radius 1 is 1.00 bits per heavy atom. The Morgan fingerprint density at radius 2 is 1.65 bits per heavy atom. The first-order chi connectivity index (χ1) is 11.0. The molecule has 2 aromatic carbocycles. The maximum Gasteiger partial charge on any atom is 0.0579 e. The van der Waals surface area contributed by atoms with Gasteiger partial charge in [-0.15, -0.1) is 0 Å². The van der Waals surface area contributed by atoms with E-state index in [0.29, 0.717) is 11.8 Å². The third-order valence-corrected chi connectivity index (χ3v) is 5.70. The molecule has 1 aliphatic carbocycles. The summed E-state index contributed by atoms with van der Waals surface area (Å²) >= 11 is 0. The van der Waals surface area contributed by atoms with Crippen molar-refractivity contribution in [3.63, 3.8) is 0 Å². The molecule has 0 bridgehead atoms. The van der Waals surface area contributed by atoms with Gasteiger partial charge in [-0.05, 0) is 53.2 Å². The van der Waals surface area contributed by atoms with Crippen LogP contribution in [0.4, 0.5) is 0 Å². The van der Waals surface area contributed by atoms with Crippen LogP contribution in [0.25, 0.3) is 11.1 Å². The van der Waals surface area contributed by atoms with Crippen molar-refractivity contribution in [1.82, 2.24) is 0 Å². The summed E-state index contributed by atoms with van der Waals surface area (Å²) in [6.07, 6.45) is 2.92. The summed E-state index contributed by atoms with van der Waals surface area (Å²) < 4.78 is 0. The number of aliphatic hydroxyl groups is 1. The SMILES string of the molecule is CC(C)C1CC[C@@](C)(c2ccccc2-c2ccccc2)CC1O. The summed E-state index contributed by atoms with van der Waals surface area (Å²) in [7, 11) is 0. The van der Waals surface area contributed by atoms with Gasteiger partial charge >= 0.3 is 0 Å². The molecule has 1 saturated carbocycles. The lowest BCUT2D eigenvalue weighted by atomic mass is 9.63.